The van der Waals surface area contributed by atoms with Gasteiger partial charge in [-0.15, -0.1) is 0 Å². The number of anilines is 1. The van der Waals surface area contributed by atoms with Crippen molar-refractivity contribution in [3.8, 4) is 5.75 Å². The van der Waals surface area contributed by atoms with Crippen molar-refractivity contribution in [1.82, 2.24) is 5.32 Å². The minimum Gasteiger partial charge on any atom is -0.489 e. The number of hydrogen-bond acceptors (Lipinski definition) is 8. The molecule has 2 aliphatic heterocycles. The lowest BCUT2D eigenvalue weighted by molar-refractivity contribution is -0.137. The second-order valence-electron chi connectivity index (χ2n) is 11.0. The Kier molecular flexibility index (Phi) is 10.0. The van der Waals surface area contributed by atoms with Gasteiger partial charge in [0.1, 0.15) is 18.0 Å². The second kappa shape index (κ2) is 13.8. The first-order chi connectivity index (χ1) is 21.5. The summed E-state index contributed by atoms with van der Waals surface area (Å²) >= 11 is 0. The number of ether oxygens (including phenoxy) is 3. The molecule has 0 bridgehead atoms. The third-order valence-corrected chi connectivity index (χ3v) is 9.71. The van der Waals surface area contributed by atoms with Gasteiger partial charge in [0.15, 0.2) is 9.84 Å². The molecule has 0 aromatic heterocycles. The molecule has 0 saturated carbocycles. The van der Waals surface area contributed by atoms with Crippen LogP contribution in [-0.4, -0.2) is 76.4 Å². The Hall–Kier alpha value is -3.65. The molecular weight excluding hydrogens is 613 g/mol. The zero-order chi connectivity index (χ0) is 32.2. The van der Waals surface area contributed by atoms with Crippen molar-refractivity contribution in [2.45, 2.75) is 48.7 Å². The molecular formula is C32H35F3N2O7S. The van der Waals surface area contributed by atoms with Crippen molar-refractivity contribution >= 4 is 21.4 Å². The Balaban J connectivity index is 1.25. The van der Waals surface area contributed by atoms with Crippen LogP contribution in [-0.2, 0) is 25.5 Å². The average molecular weight is 649 g/mol. The summed E-state index contributed by atoms with van der Waals surface area (Å²) in [6.45, 7) is 3.09. The number of carbonyl (C=O) groups is 1. The van der Waals surface area contributed by atoms with Crippen molar-refractivity contribution < 1.29 is 45.7 Å². The van der Waals surface area contributed by atoms with Crippen LogP contribution in [0.25, 0.3) is 0 Å². The topological polar surface area (TPSA) is 114 Å². The molecule has 45 heavy (non-hydrogen) atoms. The fraction of sp³-hybridized carbons (Fsp3) is 0.406. The van der Waals surface area contributed by atoms with Crippen LogP contribution in [0.4, 0.5) is 18.9 Å². The van der Waals surface area contributed by atoms with E-state index in [-0.39, 0.29) is 35.5 Å². The van der Waals surface area contributed by atoms with Gasteiger partial charge < -0.3 is 29.5 Å². The van der Waals surface area contributed by atoms with Crippen LogP contribution in [0.1, 0.15) is 40.9 Å². The summed E-state index contributed by atoms with van der Waals surface area (Å²) in [6.07, 6.45) is -4.14. The highest BCUT2D eigenvalue weighted by Crippen LogP contribution is 2.33. The number of alkyl halides is 3. The van der Waals surface area contributed by atoms with E-state index >= 15 is 0 Å². The Morgan fingerprint density at radius 1 is 1.02 bits per heavy atom. The second-order valence-corrected chi connectivity index (χ2v) is 13.3. The van der Waals surface area contributed by atoms with Crippen molar-refractivity contribution in [2.75, 3.05) is 43.6 Å². The van der Waals surface area contributed by atoms with Crippen LogP contribution in [0.5, 0.6) is 5.75 Å². The molecule has 0 unspecified atom stereocenters. The van der Waals surface area contributed by atoms with Gasteiger partial charge in [-0.25, -0.2) is 8.42 Å². The lowest BCUT2D eigenvalue weighted by Crippen LogP contribution is -2.41. The molecule has 1 amide bonds. The van der Waals surface area contributed by atoms with Crippen LogP contribution in [0.3, 0.4) is 0 Å². The van der Waals surface area contributed by atoms with Gasteiger partial charge in [-0.1, -0.05) is 19.1 Å². The van der Waals surface area contributed by atoms with Gasteiger partial charge in [0, 0.05) is 17.7 Å². The van der Waals surface area contributed by atoms with E-state index in [1.165, 1.54) is 24.3 Å². The van der Waals surface area contributed by atoms with E-state index in [0.29, 0.717) is 49.7 Å². The monoisotopic (exact) mass is 648 g/mol. The Morgan fingerprint density at radius 3 is 2.24 bits per heavy atom. The van der Waals surface area contributed by atoms with Gasteiger partial charge >= 0.3 is 6.18 Å². The summed E-state index contributed by atoms with van der Waals surface area (Å²) < 4.78 is 80.4. The molecule has 0 spiro atoms. The van der Waals surface area contributed by atoms with Gasteiger partial charge in [0.2, 0.25) is 0 Å². The summed E-state index contributed by atoms with van der Waals surface area (Å²) in [5.41, 5.74) is 0.994. The lowest BCUT2D eigenvalue weighted by Gasteiger charge is -2.31. The highest BCUT2D eigenvalue weighted by atomic mass is 32.2. The van der Waals surface area contributed by atoms with E-state index in [1.807, 2.05) is 0 Å². The van der Waals surface area contributed by atoms with Crippen LogP contribution < -0.4 is 15.0 Å². The van der Waals surface area contributed by atoms with Crippen molar-refractivity contribution in [2.24, 2.45) is 0 Å². The number of hydrogen-bond donors (Lipinski definition) is 2. The number of nitrogens with zero attached hydrogens (tertiary/aromatic N) is 1. The quantitative estimate of drug-likeness (QED) is 0.297. The first-order valence-electron chi connectivity index (χ1n) is 14.6. The number of sulfone groups is 1. The Morgan fingerprint density at radius 2 is 1.69 bits per heavy atom. The number of aliphatic hydroxyl groups is 1. The summed E-state index contributed by atoms with van der Waals surface area (Å²) in [5.74, 6) is -0.106. The summed E-state index contributed by atoms with van der Waals surface area (Å²) in [5, 5.41) is 12.7. The van der Waals surface area contributed by atoms with Gasteiger partial charge in [0.25, 0.3) is 5.91 Å². The highest BCUT2D eigenvalue weighted by Gasteiger charge is 2.36. The molecule has 0 radical (unpaired) electrons. The molecule has 3 aromatic rings. The molecule has 5 rings (SSSR count). The zero-order valence-corrected chi connectivity index (χ0v) is 25.4. The van der Waals surface area contributed by atoms with E-state index in [1.54, 1.807) is 43.3 Å². The molecule has 3 atom stereocenters. The minimum atomic E-state index is -4.43. The first-order valence-corrected chi connectivity index (χ1v) is 16.3. The van der Waals surface area contributed by atoms with Crippen molar-refractivity contribution in [3.05, 3.63) is 89.5 Å². The predicted octanol–water partition coefficient (Wildman–Crippen LogP) is 4.40. The van der Waals surface area contributed by atoms with E-state index in [0.717, 1.165) is 17.8 Å². The molecule has 2 N–H and O–H groups in total. The van der Waals surface area contributed by atoms with Crippen LogP contribution in [0, 0.1) is 0 Å². The number of nitrogens with one attached hydrogen (secondary N) is 1. The average Bonchev–Trinajstić information content (AvgIpc) is 3.41. The molecule has 9 nitrogen and oxygen atoms in total. The standard InChI is InChI=1S/C32H35F3N2O7S/c1-2-45(40,41)29-13-5-21(6-14-29)30(17-38)36-31(39)22-3-9-24(10-4-22)37-16-27(15-25(37)18-43-28-19-42-20-28)44-26-11-7-23(8-12-26)32(33,34)35/h3-14,25,27-28,30,38H,2,15-20H2,1H3,(H,36,39)/t25-,27+,30-/m0/s1. The summed E-state index contributed by atoms with van der Waals surface area (Å²) in [6, 6.07) is 16.8. The predicted molar refractivity (Wildman–Crippen MR) is 160 cm³/mol. The SMILES string of the molecule is CCS(=O)(=O)c1ccc([C@H](CO)NC(=O)c2ccc(N3C[C@H](Oc4ccc(C(F)(F)F)cc4)C[C@H]3COC3COC3)cc2)cc1. The van der Waals surface area contributed by atoms with Gasteiger partial charge in [0.05, 0.1) is 61.3 Å². The first kappa shape index (κ1) is 32.7. The van der Waals surface area contributed by atoms with E-state index < -0.39 is 33.5 Å². The maximum Gasteiger partial charge on any atom is 0.416 e. The normalized spacial score (nSPS) is 19.6. The molecule has 3 aromatic carbocycles. The maximum absolute atomic E-state index is 13.1. The maximum atomic E-state index is 13.1. The lowest BCUT2D eigenvalue weighted by atomic mass is 10.1. The molecule has 2 heterocycles. The molecule has 0 aliphatic carbocycles. The highest BCUT2D eigenvalue weighted by molar-refractivity contribution is 7.91. The van der Waals surface area contributed by atoms with Gasteiger partial charge in [-0.2, -0.15) is 13.2 Å². The summed E-state index contributed by atoms with van der Waals surface area (Å²) in [4.78, 5) is 15.3. The van der Waals surface area contributed by atoms with Gasteiger partial charge in [-0.3, -0.25) is 4.79 Å². The van der Waals surface area contributed by atoms with E-state index in [9.17, 15) is 31.5 Å². The van der Waals surface area contributed by atoms with Crippen LogP contribution >= 0.6 is 0 Å². The third-order valence-electron chi connectivity index (χ3n) is 7.96. The van der Waals surface area contributed by atoms with E-state index in [4.69, 9.17) is 14.2 Å². The smallest absolute Gasteiger partial charge is 0.416 e. The molecule has 242 valence electrons. The Bertz CT molecular complexity index is 1550. The molecule has 13 heteroatoms. The number of amides is 1. The van der Waals surface area contributed by atoms with Crippen LogP contribution in [0.2, 0.25) is 0 Å². The molecule has 2 saturated heterocycles. The van der Waals surface area contributed by atoms with Crippen molar-refractivity contribution in [3.63, 3.8) is 0 Å². The fourth-order valence-corrected chi connectivity index (χ4v) is 6.14. The number of aliphatic hydroxyl groups excluding tert-OH is 1. The van der Waals surface area contributed by atoms with E-state index in [2.05, 4.69) is 10.2 Å². The fourth-order valence-electron chi connectivity index (χ4n) is 5.26. The number of benzene rings is 3. The van der Waals surface area contributed by atoms with Gasteiger partial charge in [-0.05, 0) is 66.2 Å². The van der Waals surface area contributed by atoms with Crippen LogP contribution in [0.15, 0.2) is 77.7 Å². The molecule has 2 aliphatic rings. The zero-order valence-electron chi connectivity index (χ0n) is 24.6. The largest absolute Gasteiger partial charge is 0.489 e. The third kappa shape index (κ3) is 7.96. The molecule has 2 fully saturated rings. The Labute approximate surface area is 259 Å². The summed E-state index contributed by atoms with van der Waals surface area (Å²) in [7, 11) is -3.37. The minimum absolute atomic E-state index is 0.0134. The van der Waals surface area contributed by atoms with Crippen molar-refractivity contribution in [1.29, 1.82) is 0 Å². The number of rotatable bonds is 12. The number of carbonyl (C=O) groups excluding carboxylic acids is 1. The number of halogens is 3.